The maximum Gasteiger partial charge on any atom is 0.397 e. The second-order valence-corrected chi connectivity index (χ2v) is 21.7. The van der Waals surface area contributed by atoms with Crippen molar-refractivity contribution < 1.29 is 191 Å². The van der Waals surface area contributed by atoms with Gasteiger partial charge >= 0.3 is 59.5 Å². The first kappa shape index (κ1) is 67.9. The van der Waals surface area contributed by atoms with Crippen molar-refractivity contribution in [2.75, 3.05) is 13.2 Å². The van der Waals surface area contributed by atoms with Crippen LogP contribution in [0.2, 0.25) is 0 Å². The molecule has 5 rings (SSSR count). The molecule has 0 unspecified atom stereocenters. The van der Waals surface area contributed by atoms with Crippen LogP contribution in [0.4, 0.5) is 0 Å². The number of carboxylic acids is 3. The Hall–Kier alpha value is -3.85. The van der Waals surface area contributed by atoms with E-state index in [0.29, 0.717) is 13.8 Å². The average Bonchev–Trinajstić information content (AvgIpc) is 3.54. The number of aliphatic carboxylic acids is 3. The largest absolute Gasteiger partial charge is 0.479 e. The molecule has 2 amide bonds. The Labute approximate surface area is 452 Å². The van der Waals surface area contributed by atoms with Crippen molar-refractivity contribution in [1.29, 1.82) is 0 Å². The lowest BCUT2D eigenvalue weighted by Crippen LogP contribution is -2.72. The number of carboxylic acid groups (broad SMARTS) is 3. The molecule has 0 bridgehead atoms. The van der Waals surface area contributed by atoms with Crippen molar-refractivity contribution in [1.82, 2.24) is 10.6 Å². The second-order valence-electron chi connectivity index (χ2n) is 17.5. The van der Waals surface area contributed by atoms with Crippen molar-refractivity contribution in [2.24, 2.45) is 0 Å². The Morgan fingerprint density at radius 3 is 1.10 bits per heavy atom. The topological polar surface area (TPSA) is 669 Å². The number of aliphatic hydroxyl groups is 8. The molecule has 0 aliphatic carbocycles. The summed E-state index contributed by atoms with van der Waals surface area (Å²) in [6, 6.07) is -4.92. The van der Waals surface area contributed by atoms with E-state index in [4.69, 9.17) is 42.6 Å². The van der Waals surface area contributed by atoms with Crippen LogP contribution in [0, 0.1) is 0 Å². The van der Waals surface area contributed by atoms with E-state index in [-0.39, 0.29) is 0 Å². The van der Waals surface area contributed by atoms with Gasteiger partial charge in [-0.1, -0.05) is 0 Å². The van der Waals surface area contributed by atoms with Crippen molar-refractivity contribution in [3.63, 3.8) is 0 Å². The molecule has 17 N–H and O–H groups in total. The van der Waals surface area contributed by atoms with Gasteiger partial charge < -0.3 is 109 Å². The highest BCUT2D eigenvalue weighted by Crippen LogP contribution is 2.39. The van der Waals surface area contributed by atoms with E-state index in [0.717, 1.165) is 0 Å². The fraction of sp³-hybridized carbons (Fsp3) is 0.853. The van der Waals surface area contributed by atoms with Crippen LogP contribution >= 0.6 is 0 Å². The Morgan fingerprint density at radius 1 is 0.395 bits per heavy atom. The number of nitrogens with one attached hydrogen (secondary N) is 2. The minimum Gasteiger partial charge on any atom is -0.479 e. The summed E-state index contributed by atoms with van der Waals surface area (Å²) < 4.78 is 203. The molecule has 0 aromatic carbocycles. The molecular formula is C34H52N2O41S4. The molecule has 0 radical (unpaired) electrons. The Balaban J connectivity index is 1.63. The molecule has 47 heteroatoms. The van der Waals surface area contributed by atoms with Gasteiger partial charge in [0.1, 0.15) is 104 Å². The number of hydrogen-bond donors (Lipinski definition) is 17. The summed E-state index contributed by atoms with van der Waals surface area (Å²) >= 11 is 0. The molecule has 5 aliphatic rings. The van der Waals surface area contributed by atoms with Gasteiger partial charge in [0.25, 0.3) is 0 Å². The van der Waals surface area contributed by atoms with Crippen molar-refractivity contribution in [3.8, 4) is 0 Å². The summed E-state index contributed by atoms with van der Waals surface area (Å²) in [7, 11) is -23.6. The minimum absolute atomic E-state index is 0.646. The van der Waals surface area contributed by atoms with Crippen molar-refractivity contribution in [2.45, 2.75) is 167 Å². The van der Waals surface area contributed by atoms with Gasteiger partial charge in [-0.2, -0.15) is 33.7 Å². The smallest absolute Gasteiger partial charge is 0.397 e. The number of carbonyl (C=O) groups excluding carboxylic acids is 2. The lowest BCUT2D eigenvalue weighted by molar-refractivity contribution is -0.370. The number of ether oxygens (including phenoxy) is 9. The Kier molecular flexibility index (Phi) is 22.3. The van der Waals surface area contributed by atoms with Gasteiger partial charge in [-0.15, -0.1) is 0 Å². The van der Waals surface area contributed by atoms with E-state index < -0.39 is 238 Å². The SMILES string of the molecule is CC(=O)N[C@H]1[C@H](O[C@H]2[C@H](OS(=O)(=O)O)[C@@H](O)[C@H](O[C@@H]3[C@@H](NC(C)=O)[C@H](O[C@H]4[C@@H](O)[C@@H](O)[C@H](O)O[C@@H]4C(=O)O)O[C@H](CO)[C@@H]3OS(=O)(=O)O)O[C@@H]2C(=O)O)O[C@H](CO)[C@H](OS(=O)(=O)O)[C@@H]1O[C@@H]1O[C@H](C(=O)O)[C@@H](O)[C@H](OS(=O)(=O)O)[C@H]1O. The lowest BCUT2D eigenvalue weighted by atomic mass is 9.93. The van der Waals surface area contributed by atoms with Crippen LogP contribution in [-0.4, -0.2) is 304 Å². The summed E-state index contributed by atoms with van der Waals surface area (Å²) in [5, 5.41) is 119. The third kappa shape index (κ3) is 17.2. The number of carbonyl (C=O) groups is 5. The highest BCUT2D eigenvalue weighted by molar-refractivity contribution is 7.81. The molecule has 5 aliphatic heterocycles. The molecule has 0 aromatic rings. The summed E-state index contributed by atoms with van der Waals surface area (Å²) in [4.78, 5) is 63.0. The van der Waals surface area contributed by atoms with Crippen LogP contribution < -0.4 is 10.6 Å². The van der Waals surface area contributed by atoms with E-state index >= 15 is 0 Å². The van der Waals surface area contributed by atoms with E-state index in [9.17, 15) is 132 Å². The predicted molar refractivity (Wildman–Crippen MR) is 233 cm³/mol. The third-order valence-electron chi connectivity index (χ3n) is 11.8. The monoisotopic (exact) mass is 1270 g/mol. The van der Waals surface area contributed by atoms with Crippen LogP contribution in [0.25, 0.3) is 0 Å². The highest BCUT2D eigenvalue weighted by Gasteiger charge is 2.61. The summed E-state index contributed by atoms with van der Waals surface area (Å²) in [6.07, 6.45) is -62.0. The molecule has 0 aromatic heterocycles. The zero-order chi connectivity index (χ0) is 61.3. The Morgan fingerprint density at radius 2 is 0.728 bits per heavy atom. The highest BCUT2D eigenvalue weighted by atomic mass is 32.3. The number of amides is 2. The molecule has 0 spiro atoms. The van der Waals surface area contributed by atoms with E-state index in [1.54, 1.807) is 0 Å². The predicted octanol–water partition coefficient (Wildman–Crippen LogP) is -12.1. The fourth-order valence-corrected chi connectivity index (χ4v) is 10.7. The van der Waals surface area contributed by atoms with Gasteiger partial charge in [0, 0.05) is 13.8 Å². The maximum atomic E-state index is 13.2. The van der Waals surface area contributed by atoms with Crippen LogP contribution in [0.1, 0.15) is 13.8 Å². The first-order valence-corrected chi connectivity index (χ1v) is 27.7. The fourth-order valence-electron chi connectivity index (χ4n) is 8.71. The van der Waals surface area contributed by atoms with Gasteiger partial charge in [0.2, 0.25) is 11.8 Å². The first-order chi connectivity index (χ1) is 37.2. The number of aliphatic hydroxyl groups excluding tert-OH is 8. The average molecular weight is 1270 g/mol. The summed E-state index contributed by atoms with van der Waals surface area (Å²) in [5.41, 5.74) is 0. The van der Waals surface area contributed by atoms with Crippen LogP contribution in [0.5, 0.6) is 0 Å². The standard InChI is InChI=1S/C34H52N2O41S4/c1-5(39)35-9-18(16(74-78(53,54)55)7(3-37)65-31(9)70-21-11(41)12(42)30(52)67-25(21)28(48)49)69-34-15(45)22(77-81(62,63)64)24(26(73-34)29(50)51)72-32-10(36-6(2)40)19(17(8(4-38)66-32)75-79(56,57)58)68-33-14(44)20(76-80(59,60)61)13(43)23(71-33)27(46)47/h7-26,30-34,37-38,41-45,52H,3-4H2,1-2H3,(H,35,39)(H,36,40)(H,46,47)(H,48,49)(H,50,51)(H,53,54,55)(H,56,57,58)(H,59,60,61)(H,62,63,64)/t7-,8-,9-,10-,11+,12-,13+,14-,15-,16+,17+,18-,19-,20+,21+,22-,23+,24+,25+,26+,30-,31+,32+,33-,34-/m1/s1. The number of rotatable bonds is 23. The summed E-state index contributed by atoms with van der Waals surface area (Å²) in [5.74, 6) is -9.17. The van der Waals surface area contributed by atoms with E-state index in [1.807, 2.05) is 10.6 Å². The molecule has 468 valence electrons. The normalized spacial score (nSPS) is 40.9. The van der Waals surface area contributed by atoms with Gasteiger partial charge in [-0.25, -0.2) is 31.1 Å². The maximum absolute atomic E-state index is 13.2. The minimum atomic E-state index is -6.12. The van der Waals surface area contributed by atoms with Gasteiger partial charge in [0.15, 0.2) is 49.8 Å². The molecular weight excluding hydrogens is 1220 g/mol. The van der Waals surface area contributed by atoms with Gasteiger partial charge in [-0.05, 0) is 0 Å². The van der Waals surface area contributed by atoms with E-state index in [1.165, 1.54) is 0 Å². The summed E-state index contributed by atoms with van der Waals surface area (Å²) in [6.45, 7) is -1.72. The first-order valence-electron chi connectivity index (χ1n) is 22.2. The number of hydrogen-bond acceptors (Lipinski definition) is 34. The quantitative estimate of drug-likeness (QED) is 0.0422. The zero-order valence-corrected chi connectivity index (χ0v) is 43.6. The molecule has 81 heavy (non-hydrogen) atoms. The van der Waals surface area contributed by atoms with Crippen LogP contribution in [0.15, 0.2) is 0 Å². The van der Waals surface area contributed by atoms with Gasteiger partial charge in [-0.3, -0.25) is 27.8 Å². The van der Waals surface area contributed by atoms with E-state index in [2.05, 4.69) is 16.7 Å². The third-order valence-corrected chi connectivity index (χ3v) is 13.7. The molecule has 5 heterocycles. The zero-order valence-electron chi connectivity index (χ0n) is 40.3. The Bertz CT molecular complexity index is 2720. The molecule has 43 nitrogen and oxygen atoms in total. The second kappa shape index (κ2) is 26.6. The lowest BCUT2D eigenvalue weighted by Gasteiger charge is -2.51. The van der Waals surface area contributed by atoms with Crippen LogP contribution in [0.3, 0.4) is 0 Å². The van der Waals surface area contributed by atoms with Crippen LogP contribution in [-0.2, 0) is 125 Å². The van der Waals surface area contributed by atoms with Crippen molar-refractivity contribution in [3.05, 3.63) is 0 Å². The molecule has 5 saturated heterocycles. The van der Waals surface area contributed by atoms with Crippen molar-refractivity contribution >= 4 is 71.3 Å². The molecule has 25 atom stereocenters. The molecule has 0 saturated carbocycles. The molecule has 5 fully saturated rings. The van der Waals surface area contributed by atoms with Gasteiger partial charge in [0.05, 0.1) is 13.2 Å².